The van der Waals surface area contributed by atoms with Crippen LogP contribution in [0.4, 0.5) is 4.39 Å². The van der Waals surface area contributed by atoms with E-state index in [1.165, 1.54) is 19.1 Å². The highest BCUT2D eigenvalue weighted by Crippen LogP contribution is 2.21. The number of carbonyl (C=O) groups is 2. The fraction of sp³-hybridized carbons (Fsp3) is 0.222. The van der Waals surface area contributed by atoms with Crippen molar-refractivity contribution in [3.05, 3.63) is 71.0 Å². The minimum absolute atomic E-state index is 0.0434. The van der Waals surface area contributed by atoms with Gasteiger partial charge in [-0.2, -0.15) is 0 Å². The summed E-state index contributed by atoms with van der Waals surface area (Å²) in [6.45, 7) is 1.39. The second-order valence-corrected chi connectivity index (χ2v) is 5.20. The lowest BCUT2D eigenvalue weighted by atomic mass is 9.94. The maximum absolute atomic E-state index is 14.1. The Morgan fingerprint density at radius 3 is 2.43 bits per heavy atom. The van der Waals surface area contributed by atoms with Crippen LogP contribution in [0.5, 0.6) is 0 Å². The molecule has 0 heterocycles. The third kappa shape index (κ3) is 4.23. The van der Waals surface area contributed by atoms with Crippen LogP contribution >= 0.6 is 0 Å². The van der Waals surface area contributed by atoms with Crippen molar-refractivity contribution in [1.82, 2.24) is 0 Å². The molecular weight excluding hydrogens is 297 g/mol. The van der Waals surface area contributed by atoms with Gasteiger partial charge in [-0.25, -0.2) is 9.18 Å². The zero-order chi connectivity index (χ0) is 16.8. The molecule has 0 saturated heterocycles. The van der Waals surface area contributed by atoms with E-state index in [4.69, 9.17) is 10.5 Å². The van der Waals surface area contributed by atoms with Gasteiger partial charge in [0.1, 0.15) is 18.2 Å². The van der Waals surface area contributed by atoms with Crippen molar-refractivity contribution in [2.75, 3.05) is 6.54 Å². The number of hydrogen-bond donors (Lipinski definition) is 1. The van der Waals surface area contributed by atoms with Gasteiger partial charge in [0.15, 0.2) is 0 Å². The first-order chi connectivity index (χ1) is 11.0. The van der Waals surface area contributed by atoms with Crippen LogP contribution in [0.25, 0.3) is 0 Å². The van der Waals surface area contributed by atoms with Crippen LogP contribution in [-0.4, -0.2) is 18.3 Å². The Morgan fingerprint density at radius 2 is 1.87 bits per heavy atom. The zero-order valence-corrected chi connectivity index (χ0v) is 12.8. The summed E-state index contributed by atoms with van der Waals surface area (Å²) in [4.78, 5) is 23.3. The van der Waals surface area contributed by atoms with Crippen LogP contribution in [-0.2, 0) is 16.1 Å². The summed E-state index contributed by atoms with van der Waals surface area (Å²) in [6, 6.07) is 13.0. The lowest BCUT2D eigenvalue weighted by Crippen LogP contribution is -2.20. The third-order valence-corrected chi connectivity index (χ3v) is 3.55. The fourth-order valence-corrected chi connectivity index (χ4v) is 2.26. The van der Waals surface area contributed by atoms with Crippen molar-refractivity contribution in [3.63, 3.8) is 0 Å². The molecule has 0 aliphatic rings. The van der Waals surface area contributed by atoms with E-state index < -0.39 is 17.7 Å². The maximum atomic E-state index is 14.1. The maximum Gasteiger partial charge on any atom is 0.338 e. The zero-order valence-electron chi connectivity index (χ0n) is 12.8. The molecular formula is C18H18FNO3. The molecule has 0 amide bonds. The summed E-state index contributed by atoms with van der Waals surface area (Å²) in [5, 5.41) is 0. The van der Waals surface area contributed by atoms with Gasteiger partial charge in [-0.15, -0.1) is 0 Å². The van der Waals surface area contributed by atoms with Crippen LogP contribution in [0.15, 0.2) is 48.5 Å². The molecule has 0 bridgehead atoms. The molecule has 1 unspecified atom stereocenters. The van der Waals surface area contributed by atoms with Gasteiger partial charge in [-0.1, -0.05) is 30.3 Å². The Morgan fingerprint density at radius 1 is 1.17 bits per heavy atom. The average molecular weight is 315 g/mol. The predicted octanol–water partition coefficient (Wildman–Crippen LogP) is 2.81. The molecule has 2 N–H and O–H groups in total. The Balaban J connectivity index is 2.06. The minimum atomic E-state index is -0.657. The minimum Gasteiger partial charge on any atom is -0.457 e. The van der Waals surface area contributed by atoms with Crippen LogP contribution in [0.1, 0.15) is 34.3 Å². The van der Waals surface area contributed by atoms with Gasteiger partial charge < -0.3 is 10.5 Å². The van der Waals surface area contributed by atoms with Gasteiger partial charge in [0.25, 0.3) is 0 Å². The smallest absolute Gasteiger partial charge is 0.338 e. The molecule has 120 valence electrons. The van der Waals surface area contributed by atoms with E-state index in [1.807, 2.05) is 0 Å². The highest BCUT2D eigenvalue weighted by molar-refractivity contribution is 5.89. The molecule has 1 atom stereocenters. The quantitative estimate of drug-likeness (QED) is 0.832. The van der Waals surface area contributed by atoms with Crippen molar-refractivity contribution in [2.24, 2.45) is 5.73 Å². The van der Waals surface area contributed by atoms with E-state index in [1.54, 1.807) is 36.4 Å². The largest absolute Gasteiger partial charge is 0.457 e. The SMILES string of the molecule is CC(=O)C(CN)c1ccc(COC(=O)c2ccccc2)cc1F. The highest BCUT2D eigenvalue weighted by atomic mass is 19.1. The van der Waals surface area contributed by atoms with E-state index in [0.29, 0.717) is 11.1 Å². The lowest BCUT2D eigenvalue weighted by molar-refractivity contribution is -0.118. The Hall–Kier alpha value is -2.53. The molecule has 0 fully saturated rings. The topological polar surface area (TPSA) is 69.4 Å². The average Bonchev–Trinajstić information content (AvgIpc) is 2.55. The van der Waals surface area contributed by atoms with Gasteiger partial charge in [0.05, 0.1) is 11.5 Å². The number of Topliss-reactive ketones (excluding diaryl/α,β-unsaturated/α-hetero) is 1. The summed E-state index contributed by atoms with van der Waals surface area (Å²) in [5.41, 5.74) is 6.72. The lowest BCUT2D eigenvalue weighted by Gasteiger charge is -2.13. The van der Waals surface area contributed by atoms with Gasteiger partial charge in [0, 0.05) is 6.54 Å². The molecule has 23 heavy (non-hydrogen) atoms. The van der Waals surface area contributed by atoms with Crippen molar-refractivity contribution < 1.29 is 18.7 Å². The van der Waals surface area contributed by atoms with Gasteiger partial charge >= 0.3 is 5.97 Å². The Labute approximate surface area is 134 Å². The Kier molecular flexibility index (Phi) is 5.60. The number of nitrogens with two attached hydrogens (primary N) is 1. The number of hydrogen-bond acceptors (Lipinski definition) is 4. The molecule has 2 aromatic rings. The molecule has 5 heteroatoms. The molecule has 2 rings (SSSR count). The number of ether oxygens (including phenoxy) is 1. The Bertz CT molecular complexity index is 701. The first-order valence-electron chi connectivity index (χ1n) is 7.24. The standard InChI is InChI=1S/C18H18FNO3/c1-12(21)16(10-20)15-8-7-13(9-17(15)19)11-23-18(22)14-5-3-2-4-6-14/h2-9,16H,10-11,20H2,1H3. The molecule has 0 spiro atoms. The van der Waals surface area contributed by atoms with E-state index >= 15 is 0 Å². The molecule has 0 aliphatic heterocycles. The van der Waals surface area contributed by atoms with E-state index in [0.717, 1.165) is 0 Å². The second-order valence-electron chi connectivity index (χ2n) is 5.20. The summed E-state index contributed by atoms with van der Waals surface area (Å²) >= 11 is 0. The van der Waals surface area contributed by atoms with Gasteiger partial charge in [-0.3, -0.25) is 4.79 Å². The van der Waals surface area contributed by atoms with E-state index in [9.17, 15) is 14.0 Å². The summed E-state index contributed by atoms with van der Waals surface area (Å²) in [6.07, 6.45) is 0. The first-order valence-corrected chi connectivity index (χ1v) is 7.24. The third-order valence-electron chi connectivity index (χ3n) is 3.55. The predicted molar refractivity (Wildman–Crippen MR) is 84.4 cm³/mol. The van der Waals surface area contributed by atoms with Crippen molar-refractivity contribution in [3.8, 4) is 0 Å². The summed E-state index contributed by atoms with van der Waals surface area (Å²) in [7, 11) is 0. The van der Waals surface area contributed by atoms with Crippen LogP contribution in [0.2, 0.25) is 0 Å². The van der Waals surface area contributed by atoms with E-state index in [2.05, 4.69) is 0 Å². The van der Waals surface area contributed by atoms with Crippen LogP contribution in [0, 0.1) is 5.82 Å². The second kappa shape index (κ2) is 7.65. The molecule has 0 radical (unpaired) electrons. The number of ketones is 1. The van der Waals surface area contributed by atoms with Crippen LogP contribution in [0.3, 0.4) is 0 Å². The molecule has 0 aliphatic carbocycles. The molecule has 2 aromatic carbocycles. The molecule has 4 nitrogen and oxygen atoms in total. The van der Waals surface area contributed by atoms with Crippen molar-refractivity contribution in [2.45, 2.75) is 19.4 Å². The number of benzene rings is 2. The van der Waals surface area contributed by atoms with Crippen molar-refractivity contribution in [1.29, 1.82) is 0 Å². The monoisotopic (exact) mass is 315 g/mol. The number of halogens is 1. The number of esters is 1. The summed E-state index contributed by atoms with van der Waals surface area (Å²) < 4.78 is 19.3. The highest BCUT2D eigenvalue weighted by Gasteiger charge is 2.19. The number of carbonyl (C=O) groups excluding carboxylic acids is 2. The van der Waals surface area contributed by atoms with Crippen molar-refractivity contribution >= 4 is 11.8 Å². The fourth-order valence-electron chi connectivity index (χ4n) is 2.26. The van der Waals surface area contributed by atoms with Gasteiger partial charge in [-0.05, 0) is 36.2 Å². The van der Waals surface area contributed by atoms with Gasteiger partial charge in [0.2, 0.25) is 0 Å². The molecule has 0 saturated carbocycles. The normalized spacial score (nSPS) is 11.8. The summed E-state index contributed by atoms with van der Waals surface area (Å²) in [5.74, 6) is -1.84. The first kappa shape index (κ1) is 16.8. The molecule has 0 aromatic heterocycles. The number of rotatable bonds is 6. The van der Waals surface area contributed by atoms with E-state index in [-0.39, 0.29) is 24.5 Å². The van der Waals surface area contributed by atoms with Crippen LogP contribution < -0.4 is 5.73 Å².